The van der Waals surface area contributed by atoms with E-state index in [0.717, 1.165) is 29.5 Å². The minimum absolute atomic E-state index is 0.218. The maximum Gasteiger partial charge on any atom is 0.133 e. The number of para-hydroxylation sites is 1. The molecule has 2 aromatic rings. The lowest BCUT2D eigenvalue weighted by Crippen LogP contribution is -2.14. The molecule has 0 spiro atoms. The first-order chi connectivity index (χ1) is 10.2. The second-order valence-electron chi connectivity index (χ2n) is 4.82. The first kappa shape index (κ1) is 16.0. The summed E-state index contributed by atoms with van der Waals surface area (Å²) in [7, 11) is 0. The lowest BCUT2D eigenvalue weighted by molar-refractivity contribution is 0.298. The molecule has 0 unspecified atom stereocenters. The summed E-state index contributed by atoms with van der Waals surface area (Å²) in [5.74, 6) is 0.479. The molecule has 0 fully saturated rings. The number of hydrogen-bond acceptors (Lipinski definition) is 2. The molecule has 0 atom stereocenters. The van der Waals surface area contributed by atoms with E-state index < -0.39 is 0 Å². The third-order valence-electron chi connectivity index (χ3n) is 3.09. The van der Waals surface area contributed by atoms with Crippen molar-refractivity contribution in [3.8, 4) is 5.75 Å². The average molecular weight is 352 g/mol. The van der Waals surface area contributed by atoms with Crippen molar-refractivity contribution in [2.75, 3.05) is 6.54 Å². The van der Waals surface area contributed by atoms with Crippen LogP contribution >= 0.6 is 15.9 Å². The largest absolute Gasteiger partial charge is 0.488 e. The van der Waals surface area contributed by atoms with E-state index in [4.69, 9.17) is 4.74 Å². The predicted molar refractivity (Wildman–Crippen MR) is 86.9 cm³/mol. The van der Waals surface area contributed by atoms with E-state index in [1.165, 1.54) is 6.07 Å². The van der Waals surface area contributed by atoms with E-state index in [9.17, 15) is 4.39 Å². The fourth-order valence-corrected chi connectivity index (χ4v) is 2.37. The predicted octanol–water partition coefficient (Wildman–Crippen LogP) is 4.67. The van der Waals surface area contributed by atoms with Gasteiger partial charge in [-0.25, -0.2) is 4.39 Å². The van der Waals surface area contributed by atoms with Crippen LogP contribution in [0.2, 0.25) is 0 Å². The number of nitrogens with one attached hydrogen (secondary N) is 1. The number of hydrogen-bond donors (Lipinski definition) is 1. The average Bonchev–Trinajstić information content (AvgIpc) is 2.49. The van der Waals surface area contributed by atoms with Crippen molar-refractivity contribution in [2.24, 2.45) is 0 Å². The monoisotopic (exact) mass is 351 g/mol. The van der Waals surface area contributed by atoms with Gasteiger partial charge in [0.2, 0.25) is 0 Å². The van der Waals surface area contributed by atoms with Crippen molar-refractivity contribution in [2.45, 2.75) is 26.5 Å². The maximum absolute atomic E-state index is 13.8. The second kappa shape index (κ2) is 8.15. The summed E-state index contributed by atoms with van der Waals surface area (Å²) in [5.41, 5.74) is 1.64. The fraction of sp³-hybridized carbons (Fsp3) is 0.294. The van der Waals surface area contributed by atoms with Gasteiger partial charge in [-0.05, 0) is 58.7 Å². The standard InChI is InChI=1S/C17H19BrFNO/c1-2-9-20-11-13-7-8-16(19)14(10-13)12-21-17-6-4-3-5-15(17)18/h3-8,10,20H,2,9,11-12H2,1H3. The topological polar surface area (TPSA) is 21.3 Å². The van der Waals surface area contributed by atoms with Crippen molar-refractivity contribution in [1.82, 2.24) is 5.32 Å². The Kier molecular flexibility index (Phi) is 6.21. The van der Waals surface area contributed by atoms with Gasteiger partial charge < -0.3 is 10.1 Å². The fourth-order valence-electron chi connectivity index (χ4n) is 1.98. The number of benzene rings is 2. The highest BCUT2D eigenvalue weighted by atomic mass is 79.9. The first-order valence-corrected chi connectivity index (χ1v) is 7.85. The van der Waals surface area contributed by atoms with Crippen LogP contribution in [0, 0.1) is 5.82 Å². The van der Waals surface area contributed by atoms with Gasteiger partial charge in [0.15, 0.2) is 0 Å². The Balaban J connectivity index is 2.02. The summed E-state index contributed by atoms with van der Waals surface area (Å²) in [6, 6.07) is 12.7. The molecule has 2 rings (SSSR count). The Morgan fingerprint density at radius 2 is 2.00 bits per heavy atom. The quantitative estimate of drug-likeness (QED) is 0.732. The minimum atomic E-state index is -0.235. The Morgan fingerprint density at radius 1 is 1.19 bits per heavy atom. The van der Waals surface area contributed by atoms with Gasteiger partial charge in [0, 0.05) is 12.1 Å². The molecule has 0 aliphatic rings. The molecular formula is C17H19BrFNO. The van der Waals surface area contributed by atoms with E-state index in [1.54, 1.807) is 6.07 Å². The van der Waals surface area contributed by atoms with Crippen LogP contribution < -0.4 is 10.1 Å². The van der Waals surface area contributed by atoms with Crippen molar-refractivity contribution >= 4 is 15.9 Å². The zero-order chi connectivity index (χ0) is 15.1. The van der Waals surface area contributed by atoms with Gasteiger partial charge in [-0.2, -0.15) is 0 Å². The smallest absolute Gasteiger partial charge is 0.133 e. The van der Waals surface area contributed by atoms with E-state index >= 15 is 0 Å². The Bertz CT molecular complexity index is 589. The van der Waals surface area contributed by atoms with Gasteiger partial charge in [0.1, 0.15) is 18.2 Å². The second-order valence-corrected chi connectivity index (χ2v) is 5.68. The summed E-state index contributed by atoms with van der Waals surface area (Å²) in [6.07, 6.45) is 1.08. The van der Waals surface area contributed by atoms with Crippen LogP contribution in [0.1, 0.15) is 24.5 Å². The van der Waals surface area contributed by atoms with Crippen molar-refractivity contribution in [3.05, 3.63) is 63.9 Å². The summed E-state index contributed by atoms with van der Waals surface area (Å²) in [6.45, 7) is 4.04. The molecule has 4 heteroatoms. The van der Waals surface area contributed by atoms with Gasteiger partial charge in [-0.3, -0.25) is 0 Å². The van der Waals surface area contributed by atoms with E-state index in [1.807, 2.05) is 30.3 Å². The molecule has 0 heterocycles. The van der Waals surface area contributed by atoms with Gasteiger partial charge >= 0.3 is 0 Å². The summed E-state index contributed by atoms with van der Waals surface area (Å²) >= 11 is 3.42. The molecule has 0 bridgehead atoms. The minimum Gasteiger partial charge on any atom is -0.488 e. The zero-order valence-electron chi connectivity index (χ0n) is 12.0. The van der Waals surface area contributed by atoms with Crippen molar-refractivity contribution in [1.29, 1.82) is 0 Å². The lowest BCUT2D eigenvalue weighted by Gasteiger charge is -2.10. The zero-order valence-corrected chi connectivity index (χ0v) is 13.6. The third kappa shape index (κ3) is 4.83. The lowest BCUT2D eigenvalue weighted by atomic mass is 10.1. The maximum atomic E-state index is 13.8. The molecule has 112 valence electrons. The Labute approximate surface area is 133 Å². The summed E-state index contributed by atoms with van der Waals surface area (Å²) in [4.78, 5) is 0. The molecule has 0 aromatic heterocycles. The van der Waals surface area contributed by atoms with Crippen LogP contribution in [0.3, 0.4) is 0 Å². The Morgan fingerprint density at radius 3 is 2.76 bits per heavy atom. The van der Waals surface area contributed by atoms with Gasteiger partial charge in [0.05, 0.1) is 4.47 Å². The van der Waals surface area contributed by atoms with E-state index in [-0.39, 0.29) is 12.4 Å². The highest BCUT2D eigenvalue weighted by molar-refractivity contribution is 9.10. The van der Waals surface area contributed by atoms with Crippen LogP contribution in [-0.4, -0.2) is 6.54 Å². The molecule has 2 aromatic carbocycles. The number of ether oxygens (including phenoxy) is 1. The van der Waals surface area contributed by atoms with Crippen LogP contribution in [0.5, 0.6) is 5.75 Å². The molecule has 0 saturated heterocycles. The van der Waals surface area contributed by atoms with Gasteiger partial charge in [-0.1, -0.05) is 25.1 Å². The molecule has 1 N–H and O–H groups in total. The highest BCUT2D eigenvalue weighted by Gasteiger charge is 2.06. The van der Waals surface area contributed by atoms with Gasteiger partial charge in [0.25, 0.3) is 0 Å². The summed E-state index contributed by atoms with van der Waals surface area (Å²) < 4.78 is 20.4. The molecule has 0 aliphatic heterocycles. The molecule has 21 heavy (non-hydrogen) atoms. The van der Waals surface area contributed by atoms with Gasteiger partial charge in [-0.15, -0.1) is 0 Å². The summed E-state index contributed by atoms with van der Waals surface area (Å²) in [5, 5.41) is 3.31. The molecule has 0 aliphatic carbocycles. The SMILES string of the molecule is CCCNCc1ccc(F)c(COc2ccccc2Br)c1. The number of halogens is 2. The molecule has 0 amide bonds. The highest BCUT2D eigenvalue weighted by Crippen LogP contribution is 2.25. The number of rotatable bonds is 7. The first-order valence-electron chi connectivity index (χ1n) is 7.06. The normalized spacial score (nSPS) is 10.6. The van der Waals surface area contributed by atoms with Crippen molar-refractivity contribution in [3.63, 3.8) is 0 Å². The molecular weight excluding hydrogens is 333 g/mol. The van der Waals surface area contributed by atoms with Crippen LogP contribution in [0.25, 0.3) is 0 Å². The van der Waals surface area contributed by atoms with E-state index in [0.29, 0.717) is 11.3 Å². The third-order valence-corrected chi connectivity index (χ3v) is 3.74. The Hall–Kier alpha value is -1.39. The van der Waals surface area contributed by atoms with Crippen LogP contribution in [0.15, 0.2) is 46.9 Å². The van der Waals surface area contributed by atoms with E-state index in [2.05, 4.69) is 28.2 Å². The molecule has 0 saturated carbocycles. The van der Waals surface area contributed by atoms with Crippen LogP contribution in [-0.2, 0) is 13.2 Å². The molecule has 0 radical (unpaired) electrons. The molecule has 2 nitrogen and oxygen atoms in total. The van der Waals surface area contributed by atoms with Crippen LogP contribution in [0.4, 0.5) is 4.39 Å². The van der Waals surface area contributed by atoms with Crippen molar-refractivity contribution < 1.29 is 9.13 Å².